The molecule has 0 amide bonds. The smallest absolute Gasteiger partial charge is 0.108 e. The predicted octanol–water partition coefficient (Wildman–Crippen LogP) is 4.65. The van der Waals surface area contributed by atoms with Crippen LogP contribution in [-0.2, 0) is 10.3 Å². The molecule has 122 valence electrons. The maximum Gasteiger partial charge on any atom is 0.108 e. The van der Waals surface area contributed by atoms with Crippen molar-refractivity contribution in [3.05, 3.63) is 35.9 Å². The van der Waals surface area contributed by atoms with Gasteiger partial charge in [0.25, 0.3) is 0 Å². The molecule has 1 unspecified atom stereocenters. The van der Waals surface area contributed by atoms with Gasteiger partial charge in [-0.2, -0.15) is 0 Å². The summed E-state index contributed by atoms with van der Waals surface area (Å²) in [7, 11) is 4.20. The molecule has 22 heavy (non-hydrogen) atoms. The topological polar surface area (TPSA) is 12.5 Å². The minimum absolute atomic E-state index is 0.118. The SMILES string of the molecule is C[C@@H](O[C@]1(c2ccccc2)C[C@H]2CCC1(C)C2(C)C)N(C)C. The van der Waals surface area contributed by atoms with E-state index in [1.165, 1.54) is 18.4 Å². The van der Waals surface area contributed by atoms with Crippen molar-refractivity contribution in [3.8, 4) is 0 Å². The van der Waals surface area contributed by atoms with Crippen molar-refractivity contribution in [3.63, 3.8) is 0 Å². The zero-order valence-electron chi connectivity index (χ0n) is 15.0. The lowest BCUT2D eigenvalue weighted by Crippen LogP contribution is -2.50. The molecular formula is C20H31NO. The average molecular weight is 301 g/mol. The molecule has 0 heterocycles. The van der Waals surface area contributed by atoms with E-state index in [1.807, 2.05) is 0 Å². The zero-order chi connectivity index (χ0) is 16.2. The monoisotopic (exact) mass is 301 g/mol. The summed E-state index contributed by atoms with van der Waals surface area (Å²) in [6.45, 7) is 9.56. The predicted molar refractivity (Wildman–Crippen MR) is 91.6 cm³/mol. The van der Waals surface area contributed by atoms with Gasteiger partial charge in [0.15, 0.2) is 0 Å². The van der Waals surface area contributed by atoms with E-state index in [0.717, 1.165) is 12.3 Å². The van der Waals surface area contributed by atoms with E-state index in [9.17, 15) is 0 Å². The van der Waals surface area contributed by atoms with E-state index in [4.69, 9.17) is 4.74 Å². The number of fused-ring (bicyclic) bond motifs is 2. The molecule has 0 aromatic heterocycles. The molecule has 2 aliphatic carbocycles. The molecule has 1 aromatic carbocycles. The van der Waals surface area contributed by atoms with Gasteiger partial charge in [-0.3, -0.25) is 4.90 Å². The second kappa shape index (κ2) is 5.07. The van der Waals surface area contributed by atoms with Crippen LogP contribution >= 0.6 is 0 Å². The first-order valence-corrected chi connectivity index (χ1v) is 8.64. The summed E-state index contributed by atoms with van der Waals surface area (Å²) in [5, 5.41) is 0. The van der Waals surface area contributed by atoms with Crippen LogP contribution in [-0.4, -0.2) is 25.2 Å². The van der Waals surface area contributed by atoms with Crippen LogP contribution in [0.3, 0.4) is 0 Å². The third-order valence-electron chi connectivity index (χ3n) is 7.20. The number of benzene rings is 1. The molecule has 2 saturated carbocycles. The summed E-state index contributed by atoms with van der Waals surface area (Å²) < 4.78 is 6.84. The summed E-state index contributed by atoms with van der Waals surface area (Å²) in [5.74, 6) is 0.757. The molecule has 2 fully saturated rings. The second-order valence-corrected chi connectivity index (χ2v) is 8.37. The van der Waals surface area contributed by atoms with Crippen molar-refractivity contribution in [2.75, 3.05) is 14.1 Å². The number of hydrogen-bond acceptors (Lipinski definition) is 2. The van der Waals surface area contributed by atoms with Gasteiger partial charge in [0.1, 0.15) is 11.8 Å². The molecule has 2 bridgehead atoms. The van der Waals surface area contributed by atoms with Gasteiger partial charge in [-0.15, -0.1) is 0 Å². The van der Waals surface area contributed by atoms with Gasteiger partial charge in [0.2, 0.25) is 0 Å². The normalized spacial score (nSPS) is 37.7. The lowest BCUT2D eigenvalue weighted by atomic mass is 9.62. The van der Waals surface area contributed by atoms with E-state index in [2.05, 4.69) is 77.0 Å². The van der Waals surface area contributed by atoms with Crippen LogP contribution in [0.4, 0.5) is 0 Å². The van der Waals surface area contributed by atoms with E-state index < -0.39 is 0 Å². The van der Waals surface area contributed by atoms with Crippen LogP contribution in [0, 0.1) is 16.7 Å². The summed E-state index contributed by atoms with van der Waals surface area (Å²) in [6.07, 6.45) is 3.88. The van der Waals surface area contributed by atoms with Crippen LogP contribution in [0.5, 0.6) is 0 Å². The first-order chi connectivity index (χ1) is 10.2. The molecule has 0 aliphatic heterocycles. The summed E-state index contributed by atoms with van der Waals surface area (Å²) in [5.41, 5.74) is 1.72. The number of ether oxygens (including phenoxy) is 1. The highest BCUT2D eigenvalue weighted by atomic mass is 16.5. The van der Waals surface area contributed by atoms with Crippen LogP contribution in [0.2, 0.25) is 0 Å². The summed E-state index contributed by atoms with van der Waals surface area (Å²) in [4.78, 5) is 2.17. The van der Waals surface area contributed by atoms with Crippen LogP contribution in [0.1, 0.15) is 52.5 Å². The fourth-order valence-electron chi connectivity index (χ4n) is 5.03. The molecule has 2 nitrogen and oxygen atoms in total. The molecule has 0 saturated heterocycles. The van der Waals surface area contributed by atoms with E-state index in [-0.39, 0.29) is 17.2 Å². The Bertz CT molecular complexity index is 538. The second-order valence-electron chi connectivity index (χ2n) is 8.37. The molecule has 4 atom stereocenters. The minimum Gasteiger partial charge on any atom is -0.352 e. The van der Waals surface area contributed by atoms with E-state index in [0.29, 0.717) is 5.41 Å². The Kier molecular flexibility index (Phi) is 3.69. The molecule has 2 heteroatoms. The van der Waals surface area contributed by atoms with Crippen molar-refractivity contribution in [2.45, 2.75) is 58.8 Å². The molecule has 0 spiro atoms. The van der Waals surface area contributed by atoms with Crippen LogP contribution in [0.25, 0.3) is 0 Å². The Balaban J connectivity index is 2.10. The minimum atomic E-state index is -0.162. The van der Waals surface area contributed by atoms with Gasteiger partial charge >= 0.3 is 0 Å². The third kappa shape index (κ3) is 1.93. The zero-order valence-corrected chi connectivity index (χ0v) is 15.0. The van der Waals surface area contributed by atoms with Gasteiger partial charge in [-0.25, -0.2) is 0 Å². The standard InChI is InChI=1S/C20H31NO/c1-15(21(5)6)22-20(16-10-8-7-9-11-16)14-17-12-13-19(20,4)18(17,2)3/h7-11,15,17H,12-14H2,1-6H3/t15-,17-,19?,20+/m1/s1. The third-order valence-corrected chi connectivity index (χ3v) is 7.20. The van der Waals surface area contributed by atoms with E-state index >= 15 is 0 Å². The maximum absolute atomic E-state index is 6.84. The van der Waals surface area contributed by atoms with Crippen molar-refractivity contribution in [1.29, 1.82) is 0 Å². The lowest BCUT2D eigenvalue weighted by Gasteiger charge is -2.50. The molecular weight excluding hydrogens is 270 g/mol. The van der Waals surface area contributed by atoms with Crippen LogP contribution in [0.15, 0.2) is 30.3 Å². The molecule has 1 aromatic rings. The maximum atomic E-state index is 6.84. The Morgan fingerprint density at radius 1 is 1.14 bits per heavy atom. The van der Waals surface area contributed by atoms with Gasteiger partial charge in [-0.05, 0) is 57.2 Å². The Morgan fingerprint density at radius 3 is 2.23 bits per heavy atom. The van der Waals surface area contributed by atoms with Crippen molar-refractivity contribution in [1.82, 2.24) is 4.90 Å². The van der Waals surface area contributed by atoms with Crippen molar-refractivity contribution in [2.24, 2.45) is 16.7 Å². The summed E-state index contributed by atoms with van der Waals surface area (Å²) in [6, 6.07) is 11.0. The molecule has 2 aliphatic rings. The fraction of sp³-hybridized carbons (Fsp3) is 0.700. The van der Waals surface area contributed by atoms with Crippen molar-refractivity contribution < 1.29 is 4.74 Å². The molecule has 0 radical (unpaired) electrons. The van der Waals surface area contributed by atoms with Gasteiger partial charge in [0.05, 0.1) is 0 Å². The van der Waals surface area contributed by atoms with Gasteiger partial charge in [-0.1, -0.05) is 51.1 Å². The average Bonchev–Trinajstić information content (AvgIpc) is 2.80. The Hall–Kier alpha value is -0.860. The summed E-state index contributed by atoms with van der Waals surface area (Å²) >= 11 is 0. The van der Waals surface area contributed by atoms with Gasteiger partial charge in [0, 0.05) is 5.41 Å². The van der Waals surface area contributed by atoms with E-state index in [1.54, 1.807) is 0 Å². The highest BCUT2D eigenvalue weighted by Gasteiger charge is 2.70. The number of hydrogen-bond donors (Lipinski definition) is 0. The lowest BCUT2D eigenvalue weighted by molar-refractivity contribution is -0.203. The first kappa shape index (κ1) is 16.0. The number of nitrogens with zero attached hydrogens (tertiary/aromatic N) is 1. The highest BCUT2D eigenvalue weighted by Crippen LogP contribution is 2.74. The largest absolute Gasteiger partial charge is 0.352 e. The van der Waals surface area contributed by atoms with Crippen LogP contribution < -0.4 is 0 Å². The Labute approximate surface area is 135 Å². The van der Waals surface area contributed by atoms with Gasteiger partial charge < -0.3 is 4.74 Å². The highest BCUT2D eigenvalue weighted by molar-refractivity contribution is 5.32. The number of rotatable bonds is 4. The van der Waals surface area contributed by atoms with Crippen molar-refractivity contribution >= 4 is 0 Å². The Morgan fingerprint density at radius 2 is 1.77 bits per heavy atom. The first-order valence-electron chi connectivity index (χ1n) is 8.64. The molecule has 3 rings (SSSR count). The fourth-order valence-corrected chi connectivity index (χ4v) is 5.03. The molecule has 0 N–H and O–H groups in total. The quantitative estimate of drug-likeness (QED) is 0.750.